The fourth-order valence-electron chi connectivity index (χ4n) is 3.75. The van der Waals surface area contributed by atoms with E-state index in [1.807, 2.05) is 18.2 Å². The molecule has 30 heavy (non-hydrogen) atoms. The zero-order chi connectivity index (χ0) is 20.9. The molecule has 1 aliphatic heterocycles. The van der Waals surface area contributed by atoms with Crippen LogP contribution in [-0.4, -0.2) is 34.3 Å². The highest BCUT2D eigenvalue weighted by Gasteiger charge is 2.19. The second-order valence-corrected chi connectivity index (χ2v) is 9.07. The van der Waals surface area contributed by atoms with E-state index in [1.165, 1.54) is 10.4 Å². The van der Waals surface area contributed by atoms with Gasteiger partial charge in [0.05, 0.1) is 19.2 Å². The Bertz CT molecular complexity index is 1060. The van der Waals surface area contributed by atoms with E-state index in [0.29, 0.717) is 30.3 Å². The monoisotopic (exact) mass is 441 g/mol. The van der Waals surface area contributed by atoms with Gasteiger partial charge in [0.25, 0.3) is 5.56 Å². The summed E-state index contributed by atoms with van der Waals surface area (Å²) in [6.07, 6.45) is 3.34. The average Bonchev–Trinajstić information content (AvgIpc) is 3.46. The van der Waals surface area contributed by atoms with Crippen LogP contribution in [0.25, 0.3) is 10.9 Å². The Morgan fingerprint density at radius 1 is 1.33 bits per heavy atom. The summed E-state index contributed by atoms with van der Waals surface area (Å²) in [5.41, 5.74) is 2.77. The lowest BCUT2D eigenvalue weighted by atomic mass is 10.1. The van der Waals surface area contributed by atoms with Crippen LogP contribution in [0.2, 0.25) is 0 Å². The Hall–Kier alpha value is -2.22. The summed E-state index contributed by atoms with van der Waals surface area (Å²) in [4.78, 5) is 19.1. The lowest BCUT2D eigenvalue weighted by molar-refractivity contribution is 0.113. The van der Waals surface area contributed by atoms with E-state index in [-0.39, 0.29) is 11.7 Å². The molecule has 0 unspecified atom stereocenters. The lowest BCUT2D eigenvalue weighted by Gasteiger charge is -2.26. The minimum absolute atomic E-state index is 0.0649. The minimum Gasteiger partial charge on any atom is -0.376 e. The third-order valence-electron chi connectivity index (χ3n) is 5.47. The molecule has 7 heteroatoms. The number of fused-ring (bicyclic) bond motifs is 1. The molecule has 0 bridgehead atoms. The SMILES string of the molecule is CCc1ccc2[nH]c(=O)c(CN(Cc3cccs3)C(=S)NC[C@H]3CCCO3)cc2c1. The van der Waals surface area contributed by atoms with Crippen molar-refractivity contribution in [1.82, 2.24) is 15.2 Å². The Balaban J connectivity index is 1.56. The van der Waals surface area contributed by atoms with Gasteiger partial charge in [-0.1, -0.05) is 19.1 Å². The second-order valence-electron chi connectivity index (χ2n) is 7.66. The van der Waals surface area contributed by atoms with Gasteiger partial charge in [-0.3, -0.25) is 4.79 Å². The molecule has 3 heterocycles. The average molecular weight is 442 g/mol. The van der Waals surface area contributed by atoms with Crippen molar-refractivity contribution in [3.05, 3.63) is 68.1 Å². The van der Waals surface area contributed by atoms with Crippen molar-refractivity contribution in [1.29, 1.82) is 0 Å². The molecule has 1 aliphatic rings. The fourth-order valence-corrected chi connectivity index (χ4v) is 4.68. The molecule has 3 aromatic rings. The number of H-pyrrole nitrogens is 1. The van der Waals surface area contributed by atoms with Crippen LogP contribution in [0.4, 0.5) is 0 Å². The zero-order valence-electron chi connectivity index (χ0n) is 17.1. The third kappa shape index (κ3) is 5.09. The highest BCUT2D eigenvalue weighted by Crippen LogP contribution is 2.18. The first-order valence-corrected chi connectivity index (χ1v) is 11.7. The quantitative estimate of drug-likeness (QED) is 0.538. The minimum atomic E-state index is -0.0649. The van der Waals surface area contributed by atoms with Gasteiger partial charge in [0.2, 0.25) is 0 Å². The van der Waals surface area contributed by atoms with Crippen LogP contribution >= 0.6 is 23.6 Å². The molecule has 0 saturated carbocycles. The molecule has 0 amide bonds. The first-order valence-electron chi connectivity index (χ1n) is 10.4. The molecular formula is C23H27N3O2S2. The Morgan fingerprint density at radius 2 is 2.23 bits per heavy atom. The van der Waals surface area contributed by atoms with E-state index in [9.17, 15) is 4.79 Å². The van der Waals surface area contributed by atoms with Crippen molar-refractivity contribution in [3.63, 3.8) is 0 Å². The number of rotatable bonds is 7. The summed E-state index contributed by atoms with van der Waals surface area (Å²) in [6.45, 7) is 4.78. The van der Waals surface area contributed by atoms with E-state index in [1.54, 1.807) is 11.3 Å². The topological polar surface area (TPSA) is 57.4 Å². The van der Waals surface area contributed by atoms with Crippen molar-refractivity contribution in [2.75, 3.05) is 13.2 Å². The molecule has 4 rings (SSSR count). The Kier molecular flexibility index (Phi) is 6.82. The summed E-state index contributed by atoms with van der Waals surface area (Å²) >= 11 is 7.41. The van der Waals surface area contributed by atoms with E-state index in [4.69, 9.17) is 17.0 Å². The molecular weight excluding hydrogens is 414 g/mol. The molecule has 5 nitrogen and oxygen atoms in total. The number of hydrogen-bond donors (Lipinski definition) is 2. The highest BCUT2D eigenvalue weighted by molar-refractivity contribution is 7.80. The number of nitrogens with zero attached hydrogens (tertiary/aromatic N) is 1. The normalized spacial score (nSPS) is 16.1. The van der Waals surface area contributed by atoms with Crippen LogP contribution in [0.3, 0.4) is 0 Å². The smallest absolute Gasteiger partial charge is 0.253 e. The number of hydrogen-bond acceptors (Lipinski definition) is 4. The van der Waals surface area contributed by atoms with Crippen LogP contribution in [0.5, 0.6) is 0 Å². The van der Waals surface area contributed by atoms with Crippen molar-refractivity contribution in [2.24, 2.45) is 0 Å². The van der Waals surface area contributed by atoms with Gasteiger partial charge in [-0.05, 0) is 72.1 Å². The molecule has 158 valence electrons. The van der Waals surface area contributed by atoms with Crippen molar-refractivity contribution in [3.8, 4) is 0 Å². The number of thiocarbonyl (C=S) groups is 1. The highest BCUT2D eigenvalue weighted by atomic mass is 32.1. The fraction of sp³-hybridized carbons (Fsp3) is 0.391. The summed E-state index contributed by atoms with van der Waals surface area (Å²) in [7, 11) is 0. The first kappa shape index (κ1) is 21.0. The van der Waals surface area contributed by atoms with Crippen LogP contribution in [0, 0.1) is 0 Å². The maximum absolute atomic E-state index is 12.8. The van der Waals surface area contributed by atoms with Crippen LogP contribution in [0.15, 0.2) is 46.6 Å². The second kappa shape index (κ2) is 9.73. The summed E-state index contributed by atoms with van der Waals surface area (Å²) in [6, 6.07) is 12.3. The number of nitrogens with one attached hydrogen (secondary N) is 2. The maximum Gasteiger partial charge on any atom is 0.253 e. The predicted octanol–water partition coefficient (Wildman–Crippen LogP) is 4.21. The van der Waals surface area contributed by atoms with Gasteiger partial charge in [0.1, 0.15) is 0 Å². The predicted molar refractivity (Wildman–Crippen MR) is 127 cm³/mol. The number of aryl methyl sites for hydroxylation is 1. The molecule has 1 saturated heterocycles. The number of aromatic nitrogens is 1. The summed E-state index contributed by atoms with van der Waals surface area (Å²) in [5.74, 6) is 0. The molecule has 1 atom stereocenters. The molecule has 0 radical (unpaired) electrons. The Morgan fingerprint density at radius 3 is 2.97 bits per heavy atom. The molecule has 0 aliphatic carbocycles. The van der Waals surface area contributed by atoms with Gasteiger partial charge in [-0.25, -0.2) is 0 Å². The largest absolute Gasteiger partial charge is 0.376 e. The Labute approximate surface area is 186 Å². The molecule has 2 aromatic heterocycles. The summed E-state index contributed by atoms with van der Waals surface area (Å²) in [5, 5.41) is 7.13. The van der Waals surface area contributed by atoms with Crippen LogP contribution in [0.1, 0.15) is 35.8 Å². The van der Waals surface area contributed by atoms with Gasteiger partial charge in [-0.15, -0.1) is 11.3 Å². The standard InChI is InChI=1S/C23H27N3O2S2/c1-2-16-7-8-21-17(11-16)12-18(22(27)25-21)14-26(15-20-6-4-10-30-20)23(29)24-13-19-5-3-9-28-19/h4,6-8,10-12,19H,2-3,5,9,13-15H2,1H3,(H,24,29)(H,25,27)/t19-/m1/s1. The van der Waals surface area contributed by atoms with E-state index >= 15 is 0 Å². The molecule has 2 N–H and O–H groups in total. The zero-order valence-corrected chi connectivity index (χ0v) is 18.8. The van der Waals surface area contributed by atoms with Crippen molar-refractivity contribution >= 4 is 39.6 Å². The van der Waals surface area contributed by atoms with Gasteiger partial charge >= 0.3 is 0 Å². The number of thiophene rings is 1. The van der Waals surface area contributed by atoms with Gasteiger partial charge < -0.3 is 19.9 Å². The molecule has 1 aromatic carbocycles. The van der Waals surface area contributed by atoms with Gasteiger partial charge in [-0.2, -0.15) is 0 Å². The van der Waals surface area contributed by atoms with E-state index in [2.05, 4.69) is 45.7 Å². The molecule has 0 spiro atoms. The van der Waals surface area contributed by atoms with Crippen LogP contribution in [-0.2, 0) is 24.2 Å². The van der Waals surface area contributed by atoms with Crippen molar-refractivity contribution in [2.45, 2.75) is 45.4 Å². The van der Waals surface area contributed by atoms with E-state index < -0.39 is 0 Å². The number of pyridine rings is 1. The number of benzene rings is 1. The summed E-state index contributed by atoms with van der Waals surface area (Å²) < 4.78 is 5.70. The van der Waals surface area contributed by atoms with E-state index in [0.717, 1.165) is 36.8 Å². The molecule has 1 fully saturated rings. The lowest BCUT2D eigenvalue weighted by Crippen LogP contribution is -2.42. The van der Waals surface area contributed by atoms with Gasteiger partial charge in [0, 0.05) is 29.1 Å². The van der Waals surface area contributed by atoms with Crippen LogP contribution < -0.4 is 10.9 Å². The first-order chi connectivity index (χ1) is 14.6. The van der Waals surface area contributed by atoms with Crippen molar-refractivity contribution < 1.29 is 4.74 Å². The number of ether oxygens (including phenoxy) is 1. The van der Waals surface area contributed by atoms with Gasteiger partial charge in [0.15, 0.2) is 5.11 Å². The third-order valence-corrected chi connectivity index (χ3v) is 6.74. The maximum atomic E-state index is 12.8. The number of aromatic amines is 1.